The molecule has 0 fully saturated rings. The third-order valence-electron chi connectivity index (χ3n) is 4.24. The predicted octanol–water partition coefficient (Wildman–Crippen LogP) is 4.77. The Hall–Kier alpha value is -3.09. The van der Waals surface area contributed by atoms with Gasteiger partial charge in [-0.1, -0.05) is 29.8 Å². The highest BCUT2D eigenvalue weighted by Gasteiger charge is 2.31. The molecule has 0 radical (unpaired) electrons. The van der Waals surface area contributed by atoms with Gasteiger partial charge >= 0.3 is 6.18 Å². The Bertz CT molecular complexity index is 1260. The minimum absolute atomic E-state index is 0.0216. The smallest absolute Gasteiger partial charge is 0.402 e. The molecule has 3 rings (SSSR count). The lowest BCUT2D eigenvalue weighted by molar-refractivity contribution is -0.121. The Labute approximate surface area is 193 Å². The van der Waals surface area contributed by atoms with Crippen molar-refractivity contribution in [3.63, 3.8) is 0 Å². The van der Waals surface area contributed by atoms with Gasteiger partial charge in [0.1, 0.15) is 22.2 Å². The van der Waals surface area contributed by atoms with Crippen LogP contribution in [0.4, 0.5) is 36.3 Å². The molecule has 0 saturated heterocycles. The molecule has 3 aromatic rings. The number of benzene rings is 2. The summed E-state index contributed by atoms with van der Waals surface area (Å²) in [5.74, 6) is 0.716. The molecule has 13 heteroatoms. The summed E-state index contributed by atoms with van der Waals surface area (Å²) >= 11 is 6.16. The first kappa shape index (κ1) is 24.6. The molecule has 0 saturated carbocycles. The van der Waals surface area contributed by atoms with E-state index in [2.05, 4.69) is 20.6 Å². The van der Waals surface area contributed by atoms with Gasteiger partial charge in [0.05, 0.1) is 24.7 Å². The van der Waals surface area contributed by atoms with E-state index >= 15 is 0 Å². The van der Waals surface area contributed by atoms with Crippen LogP contribution in [0.1, 0.15) is 5.56 Å². The van der Waals surface area contributed by atoms with Crippen molar-refractivity contribution in [1.82, 2.24) is 14.7 Å². The Kier molecular flexibility index (Phi) is 7.30. The Morgan fingerprint density at radius 1 is 1.09 bits per heavy atom. The Morgan fingerprint density at radius 3 is 2.52 bits per heavy atom. The van der Waals surface area contributed by atoms with Crippen molar-refractivity contribution in [3.8, 4) is 5.75 Å². The lowest BCUT2D eigenvalue weighted by Crippen LogP contribution is -2.34. The molecule has 33 heavy (non-hydrogen) atoms. The number of methoxy groups -OCH3 is 1. The number of nitrogens with zero attached hydrogens (tertiary/aromatic N) is 2. The van der Waals surface area contributed by atoms with Crippen LogP contribution in [-0.2, 0) is 10.0 Å². The summed E-state index contributed by atoms with van der Waals surface area (Å²) in [6.07, 6.45) is -3.41. The molecule has 1 aromatic heterocycles. The number of para-hydroxylation sites is 1. The Balaban J connectivity index is 1.89. The fourth-order valence-electron chi connectivity index (χ4n) is 2.72. The third-order valence-corrected chi connectivity index (χ3v) is 5.98. The lowest BCUT2D eigenvalue weighted by atomic mass is 10.2. The van der Waals surface area contributed by atoms with E-state index < -0.39 is 27.6 Å². The zero-order chi connectivity index (χ0) is 24.2. The molecule has 0 unspecified atom stereocenters. The Morgan fingerprint density at radius 2 is 1.82 bits per heavy atom. The number of sulfonamides is 1. The van der Waals surface area contributed by atoms with Gasteiger partial charge in [0.15, 0.2) is 5.82 Å². The van der Waals surface area contributed by atoms with Gasteiger partial charge in [0, 0.05) is 0 Å². The molecule has 0 amide bonds. The maximum Gasteiger partial charge on any atom is 0.402 e. The first-order chi connectivity index (χ1) is 15.5. The molecule has 0 aliphatic rings. The fourth-order valence-corrected chi connectivity index (χ4v) is 4.04. The van der Waals surface area contributed by atoms with E-state index in [0.29, 0.717) is 11.4 Å². The van der Waals surface area contributed by atoms with Crippen molar-refractivity contribution < 1.29 is 26.3 Å². The van der Waals surface area contributed by atoms with Gasteiger partial charge in [-0.25, -0.2) is 18.1 Å². The van der Waals surface area contributed by atoms with E-state index in [1.807, 2.05) is 19.1 Å². The van der Waals surface area contributed by atoms with Gasteiger partial charge in [-0.3, -0.25) is 0 Å². The topological polar surface area (TPSA) is 105 Å². The molecular weight excluding hydrogens is 483 g/mol. The normalized spacial score (nSPS) is 11.8. The summed E-state index contributed by atoms with van der Waals surface area (Å²) < 4.78 is 69.3. The first-order valence-electron chi connectivity index (χ1n) is 9.35. The van der Waals surface area contributed by atoms with Crippen LogP contribution in [0.2, 0.25) is 5.02 Å². The molecule has 0 atom stereocenters. The zero-order valence-electron chi connectivity index (χ0n) is 17.4. The first-order valence-corrected chi connectivity index (χ1v) is 11.2. The number of aromatic nitrogens is 2. The largest absolute Gasteiger partial charge is 0.495 e. The monoisotopic (exact) mass is 501 g/mol. The van der Waals surface area contributed by atoms with Gasteiger partial charge in [-0.05, 0) is 36.8 Å². The molecule has 8 nitrogen and oxygen atoms in total. The van der Waals surface area contributed by atoms with E-state index in [0.717, 1.165) is 11.6 Å². The number of nitrogens with one attached hydrogen (secondary N) is 3. The molecule has 0 bridgehead atoms. The number of anilines is 4. The third kappa shape index (κ3) is 6.46. The minimum atomic E-state index is -4.71. The number of rotatable bonds is 8. The second kappa shape index (κ2) is 9.81. The highest BCUT2D eigenvalue weighted by molar-refractivity contribution is 7.89. The van der Waals surface area contributed by atoms with E-state index in [1.165, 1.54) is 36.2 Å². The average Bonchev–Trinajstić information content (AvgIpc) is 2.76. The van der Waals surface area contributed by atoms with Crippen LogP contribution < -0.4 is 20.1 Å². The van der Waals surface area contributed by atoms with Gasteiger partial charge in [-0.15, -0.1) is 0 Å². The summed E-state index contributed by atoms with van der Waals surface area (Å²) in [6, 6.07) is 10.9. The highest BCUT2D eigenvalue weighted by atomic mass is 35.5. The van der Waals surface area contributed by atoms with Crippen LogP contribution in [-0.4, -0.2) is 38.2 Å². The standard InChI is InChI=1S/C20H19ClF3N5O3S/c1-12-7-8-14(16(9-12)32-2)28-19-25-10-13(21)18(29-19)27-15-5-3-4-6-17(15)33(30,31)26-11-20(22,23)24/h3-10,26H,11H2,1-2H3,(H2,25,27,28,29). The predicted molar refractivity (Wildman–Crippen MR) is 119 cm³/mol. The van der Waals surface area contributed by atoms with E-state index in [4.69, 9.17) is 16.3 Å². The van der Waals surface area contributed by atoms with Crippen LogP contribution in [0.15, 0.2) is 53.6 Å². The molecule has 0 spiro atoms. The van der Waals surface area contributed by atoms with Crippen molar-refractivity contribution >= 4 is 44.8 Å². The lowest BCUT2D eigenvalue weighted by Gasteiger charge is -2.15. The van der Waals surface area contributed by atoms with Crippen LogP contribution in [0.25, 0.3) is 0 Å². The number of hydrogen-bond donors (Lipinski definition) is 3. The highest BCUT2D eigenvalue weighted by Crippen LogP contribution is 2.31. The average molecular weight is 502 g/mol. The van der Waals surface area contributed by atoms with Crippen molar-refractivity contribution in [3.05, 3.63) is 59.2 Å². The van der Waals surface area contributed by atoms with Crippen molar-refractivity contribution in [2.24, 2.45) is 0 Å². The van der Waals surface area contributed by atoms with Crippen LogP contribution >= 0.6 is 11.6 Å². The molecular formula is C20H19ClF3N5O3S. The quantitative estimate of drug-likeness (QED) is 0.408. The number of aryl methyl sites for hydroxylation is 1. The van der Waals surface area contributed by atoms with Crippen LogP contribution in [0.5, 0.6) is 5.75 Å². The zero-order valence-corrected chi connectivity index (χ0v) is 18.9. The number of hydrogen-bond acceptors (Lipinski definition) is 7. The summed E-state index contributed by atoms with van der Waals surface area (Å²) in [4.78, 5) is 7.95. The summed E-state index contributed by atoms with van der Waals surface area (Å²) in [5.41, 5.74) is 1.54. The number of alkyl halides is 3. The molecule has 2 aromatic carbocycles. The molecule has 1 heterocycles. The van der Waals surface area contributed by atoms with E-state index in [1.54, 1.807) is 6.07 Å². The number of ether oxygens (including phenoxy) is 1. The van der Waals surface area contributed by atoms with Crippen LogP contribution in [0, 0.1) is 6.92 Å². The van der Waals surface area contributed by atoms with E-state index in [9.17, 15) is 21.6 Å². The molecule has 0 aliphatic heterocycles. The van der Waals surface area contributed by atoms with Crippen molar-refractivity contribution in [2.45, 2.75) is 18.0 Å². The summed E-state index contributed by atoms with van der Waals surface area (Å²) in [7, 11) is -2.97. The maximum atomic E-state index is 12.5. The SMILES string of the molecule is COc1cc(C)ccc1Nc1ncc(Cl)c(Nc2ccccc2S(=O)(=O)NCC(F)(F)F)n1. The molecule has 3 N–H and O–H groups in total. The second-order valence-corrected chi connectivity index (χ2v) is 8.92. The molecule has 0 aliphatic carbocycles. The van der Waals surface area contributed by atoms with Crippen molar-refractivity contribution in [2.75, 3.05) is 24.3 Å². The maximum absolute atomic E-state index is 12.5. The van der Waals surface area contributed by atoms with Gasteiger partial charge in [0.25, 0.3) is 0 Å². The van der Waals surface area contributed by atoms with E-state index in [-0.39, 0.29) is 22.5 Å². The second-order valence-electron chi connectivity index (χ2n) is 6.78. The fraction of sp³-hybridized carbons (Fsp3) is 0.200. The summed E-state index contributed by atoms with van der Waals surface area (Å²) in [5, 5.41) is 5.80. The van der Waals surface area contributed by atoms with Gasteiger partial charge < -0.3 is 15.4 Å². The van der Waals surface area contributed by atoms with Crippen LogP contribution in [0.3, 0.4) is 0 Å². The molecule has 176 valence electrons. The van der Waals surface area contributed by atoms with Gasteiger partial charge in [0.2, 0.25) is 16.0 Å². The minimum Gasteiger partial charge on any atom is -0.495 e. The van der Waals surface area contributed by atoms with Crippen molar-refractivity contribution in [1.29, 1.82) is 0 Å². The number of halogens is 4. The summed E-state index contributed by atoms with van der Waals surface area (Å²) in [6.45, 7) is 0.201. The van der Waals surface area contributed by atoms with Gasteiger partial charge in [-0.2, -0.15) is 18.2 Å².